The van der Waals surface area contributed by atoms with Crippen molar-refractivity contribution in [2.75, 3.05) is 0 Å². The molecule has 0 fully saturated rings. The van der Waals surface area contributed by atoms with Gasteiger partial charge < -0.3 is 4.52 Å². The first-order valence-corrected chi connectivity index (χ1v) is 6.00. The molecule has 0 saturated carbocycles. The molecule has 0 aliphatic rings. The van der Waals surface area contributed by atoms with Crippen LogP contribution in [0.25, 0.3) is 11.3 Å². The van der Waals surface area contributed by atoms with Gasteiger partial charge in [-0.2, -0.15) is 0 Å². The fourth-order valence-corrected chi connectivity index (χ4v) is 2.32. The highest BCUT2D eigenvalue weighted by molar-refractivity contribution is 6.33. The third-order valence-electron chi connectivity index (χ3n) is 2.74. The molecule has 1 aromatic carbocycles. The number of benzene rings is 1. The van der Waals surface area contributed by atoms with E-state index in [2.05, 4.69) is 25.9 Å². The van der Waals surface area contributed by atoms with Gasteiger partial charge >= 0.3 is 0 Å². The van der Waals surface area contributed by atoms with Gasteiger partial charge in [-0.1, -0.05) is 55.7 Å². The zero-order valence-corrected chi connectivity index (χ0v) is 11.3. The van der Waals surface area contributed by atoms with Crippen LogP contribution in [0, 0.1) is 6.92 Å². The second kappa shape index (κ2) is 4.19. The summed E-state index contributed by atoms with van der Waals surface area (Å²) in [5.74, 6) is 0.854. The number of aromatic nitrogens is 1. The molecular weight excluding hydrogens is 234 g/mol. The van der Waals surface area contributed by atoms with E-state index in [4.69, 9.17) is 16.1 Å². The van der Waals surface area contributed by atoms with Crippen LogP contribution >= 0.6 is 11.6 Å². The first-order valence-electron chi connectivity index (χ1n) is 5.63. The topological polar surface area (TPSA) is 26.0 Å². The Morgan fingerprint density at radius 1 is 1.18 bits per heavy atom. The molecular formula is C14H16ClNO. The molecule has 0 radical (unpaired) electrons. The van der Waals surface area contributed by atoms with Gasteiger partial charge in [-0.05, 0) is 18.4 Å². The van der Waals surface area contributed by atoms with Crippen LogP contribution in [0.4, 0.5) is 0 Å². The van der Waals surface area contributed by atoms with Crippen LogP contribution in [0.5, 0.6) is 0 Å². The fourth-order valence-electron chi connectivity index (χ4n) is 2.09. The van der Waals surface area contributed by atoms with Crippen molar-refractivity contribution in [3.63, 3.8) is 0 Å². The molecule has 0 atom stereocenters. The monoisotopic (exact) mass is 249 g/mol. The molecule has 0 N–H and O–H groups in total. The van der Waals surface area contributed by atoms with E-state index in [1.165, 1.54) is 0 Å². The molecule has 0 spiro atoms. The summed E-state index contributed by atoms with van der Waals surface area (Å²) in [6, 6.07) is 7.70. The van der Waals surface area contributed by atoms with Crippen molar-refractivity contribution in [1.29, 1.82) is 0 Å². The number of rotatable bonds is 1. The van der Waals surface area contributed by atoms with Crippen molar-refractivity contribution in [2.24, 2.45) is 0 Å². The number of aryl methyl sites for hydroxylation is 1. The first kappa shape index (κ1) is 12.2. The van der Waals surface area contributed by atoms with Crippen LogP contribution in [0.3, 0.4) is 0 Å². The molecule has 17 heavy (non-hydrogen) atoms. The Balaban J connectivity index is 2.66. The van der Waals surface area contributed by atoms with Gasteiger partial charge in [0.25, 0.3) is 0 Å². The summed E-state index contributed by atoms with van der Waals surface area (Å²) in [6.07, 6.45) is 0. The zero-order valence-electron chi connectivity index (χ0n) is 10.5. The van der Waals surface area contributed by atoms with Crippen molar-refractivity contribution >= 4 is 11.6 Å². The van der Waals surface area contributed by atoms with Gasteiger partial charge in [0, 0.05) is 11.1 Å². The minimum atomic E-state index is -0.0153. The summed E-state index contributed by atoms with van der Waals surface area (Å²) < 4.78 is 5.32. The predicted molar refractivity (Wildman–Crippen MR) is 70.4 cm³/mol. The smallest absolute Gasteiger partial charge is 0.138 e. The molecule has 90 valence electrons. The number of nitrogens with zero attached hydrogens (tertiary/aromatic N) is 1. The van der Waals surface area contributed by atoms with Crippen LogP contribution in [-0.2, 0) is 5.41 Å². The van der Waals surface area contributed by atoms with E-state index in [0.29, 0.717) is 5.02 Å². The molecule has 0 unspecified atom stereocenters. The molecule has 1 aromatic heterocycles. The maximum absolute atomic E-state index is 6.21. The average Bonchev–Trinajstić information content (AvgIpc) is 2.60. The van der Waals surface area contributed by atoms with E-state index in [-0.39, 0.29) is 5.41 Å². The number of hydrogen-bond acceptors (Lipinski definition) is 2. The maximum atomic E-state index is 6.21. The van der Waals surface area contributed by atoms with Crippen molar-refractivity contribution in [3.8, 4) is 11.3 Å². The molecule has 0 aliphatic heterocycles. The lowest BCUT2D eigenvalue weighted by Crippen LogP contribution is -2.13. The Hall–Kier alpha value is -1.28. The molecule has 2 nitrogen and oxygen atoms in total. The van der Waals surface area contributed by atoms with Gasteiger partial charge in [0.2, 0.25) is 0 Å². The zero-order chi connectivity index (χ0) is 12.6. The summed E-state index contributed by atoms with van der Waals surface area (Å²) in [4.78, 5) is 0. The van der Waals surface area contributed by atoms with Gasteiger partial charge in [-0.15, -0.1) is 0 Å². The number of hydrogen-bond donors (Lipinski definition) is 0. The van der Waals surface area contributed by atoms with Gasteiger partial charge in [-0.3, -0.25) is 0 Å². The van der Waals surface area contributed by atoms with Gasteiger partial charge in [-0.25, -0.2) is 0 Å². The first-order chi connectivity index (χ1) is 7.91. The normalized spacial score (nSPS) is 11.8. The Morgan fingerprint density at radius 3 is 2.41 bits per heavy atom. The van der Waals surface area contributed by atoms with Gasteiger partial charge in [0.05, 0.1) is 5.02 Å². The lowest BCUT2D eigenvalue weighted by Gasteiger charge is -2.19. The van der Waals surface area contributed by atoms with Crippen LogP contribution in [-0.4, -0.2) is 5.16 Å². The summed E-state index contributed by atoms with van der Waals surface area (Å²) in [5.41, 5.74) is 2.88. The predicted octanol–water partition coefficient (Wildman–Crippen LogP) is 4.60. The van der Waals surface area contributed by atoms with Crippen molar-refractivity contribution < 1.29 is 4.52 Å². The molecule has 1 heterocycles. The molecule has 0 amide bonds. The third kappa shape index (κ3) is 2.22. The lowest BCUT2D eigenvalue weighted by atomic mass is 9.84. The van der Waals surface area contributed by atoms with E-state index in [9.17, 15) is 0 Å². The second-order valence-corrected chi connectivity index (χ2v) is 5.60. The van der Waals surface area contributed by atoms with Gasteiger partial charge in [0.1, 0.15) is 11.5 Å². The summed E-state index contributed by atoms with van der Waals surface area (Å²) in [7, 11) is 0. The van der Waals surface area contributed by atoms with Gasteiger partial charge in [0.15, 0.2) is 0 Å². The van der Waals surface area contributed by atoms with E-state index in [1.807, 2.05) is 31.2 Å². The van der Waals surface area contributed by atoms with Crippen molar-refractivity contribution in [3.05, 3.63) is 40.6 Å². The highest BCUT2D eigenvalue weighted by Gasteiger charge is 2.26. The summed E-state index contributed by atoms with van der Waals surface area (Å²) in [6.45, 7) is 8.38. The standard InChI is InChI=1S/C14H16ClNO/c1-9-12(14(2,3)4)13(16-17-9)10-7-5-6-8-11(10)15/h5-8H,1-4H3. The maximum Gasteiger partial charge on any atom is 0.138 e. The Kier molecular flexibility index (Phi) is 3.00. The van der Waals surface area contributed by atoms with Crippen LogP contribution in [0.15, 0.2) is 28.8 Å². The Morgan fingerprint density at radius 2 is 1.82 bits per heavy atom. The summed E-state index contributed by atoms with van der Waals surface area (Å²) in [5, 5.41) is 4.85. The average molecular weight is 250 g/mol. The molecule has 0 aliphatic carbocycles. The van der Waals surface area contributed by atoms with Crippen LogP contribution in [0.2, 0.25) is 5.02 Å². The fraction of sp³-hybridized carbons (Fsp3) is 0.357. The van der Waals surface area contributed by atoms with E-state index in [0.717, 1.165) is 22.6 Å². The minimum absolute atomic E-state index is 0.0153. The van der Waals surface area contributed by atoms with E-state index in [1.54, 1.807) is 0 Å². The Bertz CT molecular complexity index is 537. The molecule has 2 rings (SSSR count). The minimum Gasteiger partial charge on any atom is -0.361 e. The van der Waals surface area contributed by atoms with E-state index >= 15 is 0 Å². The molecule has 2 aromatic rings. The van der Waals surface area contributed by atoms with Crippen LogP contribution < -0.4 is 0 Å². The lowest BCUT2D eigenvalue weighted by molar-refractivity contribution is 0.394. The highest BCUT2D eigenvalue weighted by atomic mass is 35.5. The van der Waals surface area contributed by atoms with Crippen molar-refractivity contribution in [2.45, 2.75) is 33.1 Å². The summed E-state index contributed by atoms with van der Waals surface area (Å²) >= 11 is 6.21. The third-order valence-corrected chi connectivity index (χ3v) is 3.07. The SMILES string of the molecule is Cc1onc(-c2ccccc2Cl)c1C(C)(C)C. The quantitative estimate of drug-likeness (QED) is 0.738. The molecule has 0 bridgehead atoms. The molecule has 3 heteroatoms. The number of halogens is 1. The largest absolute Gasteiger partial charge is 0.361 e. The molecule has 0 saturated heterocycles. The van der Waals surface area contributed by atoms with Crippen molar-refractivity contribution in [1.82, 2.24) is 5.16 Å². The second-order valence-electron chi connectivity index (χ2n) is 5.19. The van der Waals surface area contributed by atoms with Crippen LogP contribution in [0.1, 0.15) is 32.1 Å². The Labute approximate surface area is 107 Å². The highest BCUT2D eigenvalue weighted by Crippen LogP contribution is 2.37. The van der Waals surface area contributed by atoms with E-state index < -0.39 is 0 Å².